The number of nitrogens with one attached hydrogen (secondary N) is 1. The summed E-state index contributed by atoms with van der Waals surface area (Å²) in [6, 6.07) is 5.60. The molecule has 1 aliphatic carbocycles. The third-order valence-electron chi connectivity index (χ3n) is 6.80. The number of halogens is 3. The number of hydrogen-bond acceptors (Lipinski definition) is 4. The van der Waals surface area contributed by atoms with Crippen LogP contribution in [0.1, 0.15) is 46.8 Å². The van der Waals surface area contributed by atoms with Gasteiger partial charge in [0.2, 0.25) is 5.91 Å². The average molecular weight is 478 g/mol. The molecule has 0 spiro atoms. The van der Waals surface area contributed by atoms with Gasteiger partial charge in [-0.2, -0.15) is 24.9 Å². The number of thioether (sulfide) groups is 1. The minimum absolute atomic E-state index is 0.157. The van der Waals surface area contributed by atoms with Crippen LogP contribution in [0, 0.1) is 19.8 Å². The first kappa shape index (κ1) is 23.9. The Morgan fingerprint density at radius 1 is 1.12 bits per heavy atom. The van der Waals surface area contributed by atoms with E-state index in [4.69, 9.17) is 0 Å². The number of pyridine rings is 1. The van der Waals surface area contributed by atoms with Gasteiger partial charge in [-0.1, -0.05) is 12.1 Å². The predicted molar refractivity (Wildman–Crippen MR) is 127 cm³/mol. The number of rotatable bonds is 5. The molecular weight excluding hydrogens is 447 g/mol. The summed E-state index contributed by atoms with van der Waals surface area (Å²) in [5, 5.41) is 3.41. The number of amides is 1. The van der Waals surface area contributed by atoms with Crippen molar-refractivity contribution in [3.05, 3.63) is 58.4 Å². The third kappa shape index (κ3) is 5.31. The van der Waals surface area contributed by atoms with Crippen molar-refractivity contribution in [3.63, 3.8) is 0 Å². The van der Waals surface area contributed by atoms with Crippen molar-refractivity contribution < 1.29 is 18.0 Å². The lowest BCUT2D eigenvalue weighted by molar-refractivity contribution is -0.191. The van der Waals surface area contributed by atoms with E-state index in [-0.39, 0.29) is 17.7 Å². The molecule has 2 aromatic rings. The zero-order chi connectivity index (χ0) is 23.8. The number of alkyl halides is 3. The first-order chi connectivity index (χ1) is 15.6. The summed E-state index contributed by atoms with van der Waals surface area (Å²) >= 11 is 1.74. The second-order valence-electron chi connectivity index (χ2n) is 9.21. The summed E-state index contributed by atoms with van der Waals surface area (Å²) in [5.41, 5.74) is 5.70. The van der Waals surface area contributed by atoms with Crippen molar-refractivity contribution in [1.29, 1.82) is 0 Å². The van der Waals surface area contributed by atoms with Crippen molar-refractivity contribution in [2.45, 2.75) is 57.8 Å². The lowest BCUT2D eigenvalue weighted by atomic mass is 9.99. The van der Waals surface area contributed by atoms with E-state index in [1.165, 1.54) is 41.6 Å². The lowest BCUT2D eigenvalue weighted by Gasteiger charge is -2.33. The highest BCUT2D eigenvalue weighted by atomic mass is 32.2. The quantitative estimate of drug-likeness (QED) is 0.619. The number of anilines is 1. The molecule has 0 unspecified atom stereocenters. The van der Waals surface area contributed by atoms with Gasteiger partial charge in [-0.3, -0.25) is 9.78 Å². The number of aromatic nitrogens is 1. The van der Waals surface area contributed by atoms with Gasteiger partial charge in [0.05, 0.1) is 17.6 Å². The molecule has 178 valence electrons. The molecule has 1 amide bonds. The van der Waals surface area contributed by atoms with Crippen LogP contribution in [-0.4, -0.2) is 46.6 Å². The standard InChI is InChI=1S/C25H30F3N3OS/c1-15-10-18-12-21(13-19(18)11-16(15)2)30-20-4-5-22(29-14-20)23(25(26,27)28)31(3)24(32)17-6-8-33-9-7-17/h4-5,10-11,14,17,21,23,30H,6-9,12-13H2,1-3H3/t23-/m0/s1. The largest absolute Gasteiger partial charge is 0.414 e. The molecule has 1 atom stereocenters. The van der Waals surface area contributed by atoms with Gasteiger partial charge in [0, 0.05) is 19.0 Å². The molecule has 4 rings (SSSR count). The highest BCUT2D eigenvalue weighted by molar-refractivity contribution is 7.99. The topological polar surface area (TPSA) is 45.2 Å². The van der Waals surface area contributed by atoms with E-state index in [1.807, 2.05) is 0 Å². The first-order valence-corrected chi connectivity index (χ1v) is 12.5. The number of hydrogen-bond donors (Lipinski definition) is 1. The fourth-order valence-corrected chi connectivity index (χ4v) is 5.96. The van der Waals surface area contributed by atoms with Crippen LogP contribution in [0.4, 0.5) is 18.9 Å². The molecule has 2 aliphatic rings. The number of carbonyl (C=O) groups is 1. The van der Waals surface area contributed by atoms with Gasteiger partial charge in [0.25, 0.3) is 0 Å². The normalized spacial score (nSPS) is 18.1. The van der Waals surface area contributed by atoms with E-state index in [0.717, 1.165) is 29.2 Å². The van der Waals surface area contributed by atoms with Crippen molar-refractivity contribution in [3.8, 4) is 0 Å². The van der Waals surface area contributed by atoms with Gasteiger partial charge in [-0.25, -0.2) is 0 Å². The predicted octanol–water partition coefficient (Wildman–Crippen LogP) is 5.48. The van der Waals surface area contributed by atoms with Crippen molar-refractivity contribution in [2.24, 2.45) is 5.92 Å². The van der Waals surface area contributed by atoms with Crippen molar-refractivity contribution in [2.75, 3.05) is 23.9 Å². The summed E-state index contributed by atoms with van der Waals surface area (Å²) in [6.45, 7) is 4.20. The Hall–Kier alpha value is -2.22. The smallest absolute Gasteiger partial charge is 0.380 e. The maximum atomic E-state index is 14.0. The van der Waals surface area contributed by atoms with Gasteiger partial charge in [0.15, 0.2) is 6.04 Å². The Labute approximate surface area is 197 Å². The molecule has 1 fully saturated rings. The Morgan fingerprint density at radius 3 is 2.24 bits per heavy atom. The molecule has 1 N–H and O–H groups in total. The molecular formula is C25H30F3N3OS. The molecule has 1 aliphatic heterocycles. The summed E-state index contributed by atoms with van der Waals surface area (Å²) in [5.74, 6) is 0.821. The summed E-state index contributed by atoms with van der Waals surface area (Å²) in [7, 11) is 1.25. The fourth-order valence-electron chi connectivity index (χ4n) is 4.85. The van der Waals surface area contributed by atoms with Gasteiger partial charge in [-0.05, 0) is 85.4 Å². The van der Waals surface area contributed by atoms with E-state index in [1.54, 1.807) is 17.8 Å². The highest BCUT2D eigenvalue weighted by Crippen LogP contribution is 2.38. The molecule has 8 heteroatoms. The Bertz CT molecular complexity index is 972. The molecule has 0 bridgehead atoms. The van der Waals surface area contributed by atoms with Crippen LogP contribution in [-0.2, 0) is 17.6 Å². The van der Waals surface area contributed by atoms with Gasteiger partial charge >= 0.3 is 6.18 Å². The van der Waals surface area contributed by atoms with Crippen LogP contribution in [0.2, 0.25) is 0 Å². The van der Waals surface area contributed by atoms with Gasteiger partial charge in [-0.15, -0.1) is 0 Å². The minimum atomic E-state index is -4.60. The molecule has 33 heavy (non-hydrogen) atoms. The fraction of sp³-hybridized carbons (Fsp3) is 0.520. The summed E-state index contributed by atoms with van der Waals surface area (Å²) in [4.78, 5) is 17.8. The number of carbonyl (C=O) groups excluding carboxylic acids is 1. The zero-order valence-electron chi connectivity index (χ0n) is 19.2. The van der Waals surface area contributed by atoms with Gasteiger partial charge in [0.1, 0.15) is 0 Å². The number of benzene rings is 1. The van der Waals surface area contributed by atoms with Crippen molar-refractivity contribution >= 4 is 23.4 Å². The summed E-state index contributed by atoms with van der Waals surface area (Å²) < 4.78 is 41.9. The maximum Gasteiger partial charge on any atom is 0.414 e. The average Bonchev–Trinajstić information content (AvgIpc) is 3.15. The zero-order valence-corrected chi connectivity index (χ0v) is 20.0. The van der Waals surface area contributed by atoms with Crippen LogP contribution in [0.5, 0.6) is 0 Å². The number of aryl methyl sites for hydroxylation is 2. The van der Waals surface area contributed by atoms with Crippen molar-refractivity contribution in [1.82, 2.24) is 9.88 Å². The Balaban J connectivity index is 1.46. The summed E-state index contributed by atoms with van der Waals surface area (Å²) in [6.07, 6.45) is -0.155. The van der Waals surface area contributed by atoms with Crippen LogP contribution in [0.15, 0.2) is 30.5 Å². The molecule has 2 heterocycles. The Kier molecular flexibility index (Phi) is 6.93. The van der Waals surface area contributed by atoms with Gasteiger partial charge < -0.3 is 10.2 Å². The van der Waals surface area contributed by atoms with Crippen LogP contribution < -0.4 is 5.32 Å². The Morgan fingerprint density at radius 2 is 1.73 bits per heavy atom. The number of fused-ring (bicyclic) bond motifs is 1. The SMILES string of the molecule is Cc1cc2c(cc1C)CC(Nc1ccc([C@H](N(C)C(=O)C3CCSCC3)C(F)(F)F)nc1)C2. The first-order valence-electron chi connectivity index (χ1n) is 11.4. The molecule has 1 aromatic heterocycles. The molecule has 0 radical (unpaired) electrons. The molecule has 1 saturated heterocycles. The number of nitrogens with zero attached hydrogens (tertiary/aromatic N) is 2. The van der Waals surface area contributed by atoms with E-state index in [2.05, 4.69) is 36.3 Å². The highest BCUT2D eigenvalue weighted by Gasteiger charge is 2.47. The molecule has 1 aromatic carbocycles. The molecule has 0 saturated carbocycles. The van der Waals surface area contributed by atoms with E-state index in [9.17, 15) is 18.0 Å². The van der Waals surface area contributed by atoms with Crippen LogP contribution in [0.3, 0.4) is 0 Å². The van der Waals surface area contributed by atoms with E-state index < -0.39 is 18.1 Å². The third-order valence-corrected chi connectivity index (χ3v) is 7.85. The van der Waals surface area contributed by atoms with Crippen LogP contribution >= 0.6 is 11.8 Å². The van der Waals surface area contributed by atoms with E-state index in [0.29, 0.717) is 18.5 Å². The monoisotopic (exact) mass is 477 g/mol. The maximum absolute atomic E-state index is 14.0. The minimum Gasteiger partial charge on any atom is -0.380 e. The second-order valence-corrected chi connectivity index (χ2v) is 10.4. The molecule has 4 nitrogen and oxygen atoms in total. The second kappa shape index (κ2) is 9.57. The van der Waals surface area contributed by atoms with E-state index >= 15 is 0 Å². The van der Waals surface area contributed by atoms with Crippen LogP contribution in [0.25, 0.3) is 0 Å². The lowest BCUT2D eigenvalue weighted by Crippen LogP contribution is -2.43.